The summed E-state index contributed by atoms with van der Waals surface area (Å²) in [5.74, 6) is 0. The third kappa shape index (κ3) is 21.6. The summed E-state index contributed by atoms with van der Waals surface area (Å²) < 4.78 is 53.0. The van der Waals surface area contributed by atoms with E-state index in [1.165, 1.54) is 163 Å². The lowest BCUT2D eigenvalue weighted by Gasteiger charge is -2.28. The first-order chi connectivity index (χ1) is 61.3. The van der Waals surface area contributed by atoms with Gasteiger partial charge in [0.15, 0.2) is 35.1 Å². The van der Waals surface area contributed by atoms with Crippen molar-refractivity contribution in [2.24, 2.45) is 58.5 Å². The Morgan fingerprint density at radius 1 is 0.264 bits per heavy atom. The molecule has 0 N–H and O–H groups in total. The van der Waals surface area contributed by atoms with E-state index >= 15 is 0 Å². The monoisotopic (exact) mass is 1710 g/mol. The highest BCUT2D eigenvalue weighted by atomic mass is 19.4. The first kappa shape index (κ1) is 93.3. The molecule has 18 rings (SSSR count). The molecule has 0 saturated carbocycles. The van der Waals surface area contributed by atoms with Crippen molar-refractivity contribution in [2.75, 3.05) is 0 Å². The number of aromatic nitrogens is 9. The molecule has 6 heterocycles. The highest BCUT2D eigenvalue weighted by Crippen LogP contribution is 2.43. The fourth-order valence-electron chi connectivity index (χ4n) is 17.7. The number of aryl methyl sites for hydroxylation is 15. The van der Waals surface area contributed by atoms with Crippen molar-refractivity contribution in [1.82, 2.24) is 15.0 Å². The summed E-state index contributed by atoms with van der Waals surface area (Å²) in [6, 6.07) is 95.5. The molecule has 0 saturated heterocycles. The molecule has 0 aliphatic carbocycles. The minimum atomic E-state index is -4.24. The van der Waals surface area contributed by atoms with Gasteiger partial charge in [0, 0.05) is 56.6 Å². The number of hydrogen-bond acceptors (Lipinski definition) is 3. The number of hydrogen-bond donors (Lipinski definition) is 0. The molecule has 6 aromatic heterocycles. The zero-order valence-corrected chi connectivity index (χ0v) is 79.7. The Morgan fingerprint density at radius 2 is 0.651 bits per heavy atom. The molecule has 12 aromatic carbocycles. The first-order valence-corrected chi connectivity index (χ1v) is 44.7. The quantitative estimate of drug-likeness (QED) is 0.128. The van der Waals surface area contributed by atoms with E-state index in [4.69, 9.17) is 0 Å². The Labute approximate surface area is 762 Å². The van der Waals surface area contributed by atoms with E-state index in [2.05, 4.69) is 406 Å². The molecular formula is C117H126F3N9+6. The van der Waals surface area contributed by atoms with Crippen LogP contribution in [0, 0.1) is 78.6 Å². The third-order valence-corrected chi connectivity index (χ3v) is 24.4. The summed E-state index contributed by atoms with van der Waals surface area (Å²) >= 11 is 0. The van der Waals surface area contributed by atoms with E-state index in [0.29, 0.717) is 5.41 Å². The molecule has 0 radical (unpaired) electrons. The normalized spacial score (nSPS) is 11.6. The van der Waals surface area contributed by atoms with Gasteiger partial charge in [0.1, 0.15) is 38.2 Å². The van der Waals surface area contributed by atoms with Crippen molar-refractivity contribution in [3.8, 4) is 67.5 Å². The zero-order chi connectivity index (χ0) is 92.6. The maximum atomic E-state index is 13.4. The fraction of sp³-hybridized carbons (Fsp3) is 0.256. The summed E-state index contributed by atoms with van der Waals surface area (Å²) in [5, 5.41) is 10.8. The Morgan fingerprint density at radius 3 is 1.18 bits per heavy atom. The van der Waals surface area contributed by atoms with E-state index in [9.17, 15) is 13.2 Å². The molecule has 0 unspecified atom stereocenters. The molecule has 9 nitrogen and oxygen atoms in total. The second kappa shape index (κ2) is 39.5. The van der Waals surface area contributed by atoms with Gasteiger partial charge >= 0.3 is 6.18 Å². The lowest BCUT2D eigenvalue weighted by Crippen LogP contribution is -2.34. The molecule has 0 bridgehead atoms. The van der Waals surface area contributed by atoms with Gasteiger partial charge < -0.3 is 0 Å². The minimum Gasteiger partial charge on any atom is -0.232 e. The lowest BCUT2D eigenvalue weighted by molar-refractivity contribution is -0.662. The zero-order valence-electron chi connectivity index (χ0n) is 79.7. The highest BCUT2D eigenvalue weighted by molar-refractivity contribution is 5.99. The molecule has 0 aliphatic heterocycles. The van der Waals surface area contributed by atoms with Gasteiger partial charge in [0.25, 0.3) is 19.0 Å². The van der Waals surface area contributed by atoms with Crippen LogP contribution in [0.5, 0.6) is 0 Å². The predicted molar refractivity (Wildman–Crippen MR) is 529 cm³/mol. The predicted octanol–water partition coefficient (Wildman–Crippen LogP) is 26.3. The molecule has 18 aromatic rings. The average molecular weight is 1720 g/mol. The maximum absolute atomic E-state index is 13.4. The van der Waals surface area contributed by atoms with Crippen molar-refractivity contribution >= 4 is 65.0 Å². The molecular weight excluding hydrogens is 1590 g/mol. The number of alkyl halides is 3. The SMILES string of the molecule is Cc1ccc(CC(C)(C)C)cc1-c1c2ccccc2cc[n+]1C.Cc1ccc2c(-c3ccccc3C)[n+](C)cnc2c1.Cc1ccc2nc[n+](C)c(-c3ccccc3C)c2c1.Cc1ccccc1-c1c2cccc(C)c2nc[n+]1C.Cc1ccccc1-c1c2cccc(CC(C)(C)C(F)(F)F)c2cc[n+]1C.Cc1ccccc1-c1c2ccccc2c(CC(C)(C)C)c[n+]1C. The van der Waals surface area contributed by atoms with Crippen LogP contribution in [-0.2, 0) is 61.5 Å². The molecule has 0 aliphatic rings. The minimum absolute atomic E-state index is 0.0468. The molecule has 0 spiro atoms. The summed E-state index contributed by atoms with van der Waals surface area (Å²) in [5.41, 5.74) is 31.7. The summed E-state index contributed by atoms with van der Waals surface area (Å²) in [6.45, 7) is 35.5. The van der Waals surface area contributed by atoms with Crippen LogP contribution in [0.25, 0.3) is 133 Å². The van der Waals surface area contributed by atoms with E-state index in [0.717, 1.165) is 62.5 Å². The van der Waals surface area contributed by atoms with Gasteiger partial charge in [-0.25, -0.2) is 27.4 Å². The lowest BCUT2D eigenvalue weighted by atomic mass is 9.83. The number of nitrogens with zero attached hydrogens (tertiary/aromatic N) is 9. The van der Waals surface area contributed by atoms with Crippen LogP contribution < -0.4 is 27.4 Å². The molecule has 0 atom stereocenters. The number of pyridine rings is 3. The smallest absolute Gasteiger partial charge is 0.232 e. The van der Waals surface area contributed by atoms with Gasteiger partial charge in [-0.1, -0.05) is 255 Å². The Balaban J connectivity index is 0.000000133. The van der Waals surface area contributed by atoms with Crippen molar-refractivity contribution in [1.29, 1.82) is 0 Å². The number of para-hydroxylation sites is 1. The van der Waals surface area contributed by atoms with E-state index < -0.39 is 11.6 Å². The van der Waals surface area contributed by atoms with E-state index in [1.807, 2.05) is 87.2 Å². The Bertz CT molecular complexity index is 7080. The maximum Gasteiger partial charge on any atom is 0.394 e. The summed E-state index contributed by atoms with van der Waals surface area (Å²) in [6.07, 6.45) is 9.96. The second-order valence-electron chi connectivity index (χ2n) is 38.1. The van der Waals surface area contributed by atoms with Crippen LogP contribution in [0.15, 0.2) is 311 Å². The molecule has 654 valence electrons. The van der Waals surface area contributed by atoms with Gasteiger partial charge in [-0.15, -0.1) is 0 Å². The van der Waals surface area contributed by atoms with Crippen LogP contribution >= 0.6 is 0 Å². The Kier molecular flexibility index (Phi) is 28.6. The van der Waals surface area contributed by atoms with Crippen LogP contribution in [0.3, 0.4) is 0 Å². The van der Waals surface area contributed by atoms with Crippen LogP contribution in [0.4, 0.5) is 13.2 Å². The van der Waals surface area contributed by atoms with Crippen molar-refractivity contribution in [3.63, 3.8) is 0 Å². The molecule has 0 amide bonds. The number of benzene rings is 12. The van der Waals surface area contributed by atoms with Crippen molar-refractivity contribution in [2.45, 2.75) is 143 Å². The third-order valence-electron chi connectivity index (χ3n) is 24.4. The van der Waals surface area contributed by atoms with Crippen molar-refractivity contribution < 1.29 is 40.6 Å². The topological polar surface area (TPSA) is 62.0 Å². The second-order valence-corrected chi connectivity index (χ2v) is 38.1. The Hall–Kier alpha value is -13.3. The summed E-state index contributed by atoms with van der Waals surface area (Å²) in [4.78, 5) is 13.6. The highest BCUT2D eigenvalue weighted by Gasteiger charge is 2.47. The van der Waals surface area contributed by atoms with E-state index in [1.54, 1.807) is 6.07 Å². The van der Waals surface area contributed by atoms with Gasteiger partial charge in [0.05, 0.1) is 58.9 Å². The van der Waals surface area contributed by atoms with Gasteiger partial charge in [-0.2, -0.15) is 13.2 Å². The summed E-state index contributed by atoms with van der Waals surface area (Å²) in [7, 11) is 12.4. The largest absolute Gasteiger partial charge is 0.394 e. The molecule has 129 heavy (non-hydrogen) atoms. The van der Waals surface area contributed by atoms with Gasteiger partial charge in [-0.05, 0) is 240 Å². The molecule has 12 heteroatoms. The van der Waals surface area contributed by atoms with Crippen LogP contribution in [0.1, 0.15) is 122 Å². The van der Waals surface area contributed by atoms with Crippen molar-refractivity contribution in [3.05, 3.63) is 377 Å². The number of halogens is 3. The standard InChI is InChI=1S/C22H23F3N.2C22H26N.3C17H17N2/c1-15-8-5-6-10-17(15)20-19-11-7-9-16(18(19)12-13-26(20)4)14-21(2,3)22(23,24)25;1-16-10-6-7-11-18(16)21-20-13-9-8-12-19(20)17(15-23(21)5)14-22(2,3)4;1-16-10-11-17(15-22(2,3)4)14-20(16)21-19-9-7-6-8-18(19)12-13-23(21)5;1-12-7-4-5-9-14(12)17-15-10-6-8-13(2)16(15)18-11-19(17)3;1-12-8-9-16-15(10-12)17(19(3)11-18-16)14-7-5-4-6-13(14)2;1-12-8-9-15-16(10-12)18-11-19(3)17(15)14-7-5-4-6-13(14)2/h5-13H,14H2,1-4H3;6-13,15H,14H2,1-5H3;6-14H,15H2,1-5H3;3*4-11H,1-3H3/q6*+1. The van der Waals surface area contributed by atoms with Crippen LogP contribution in [0.2, 0.25) is 0 Å². The number of rotatable bonds is 10. The van der Waals surface area contributed by atoms with Crippen LogP contribution in [-0.4, -0.2) is 21.1 Å². The van der Waals surface area contributed by atoms with Gasteiger partial charge in [0.2, 0.25) is 17.1 Å². The average Bonchev–Trinajstić information content (AvgIpc) is 0.766. The number of fused-ring (bicyclic) bond motifs is 6. The van der Waals surface area contributed by atoms with E-state index in [-0.39, 0.29) is 11.8 Å². The first-order valence-electron chi connectivity index (χ1n) is 44.7. The fourth-order valence-corrected chi connectivity index (χ4v) is 17.7. The van der Waals surface area contributed by atoms with Gasteiger partial charge in [-0.3, -0.25) is 0 Å². The molecule has 0 fully saturated rings.